The fourth-order valence-electron chi connectivity index (χ4n) is 1.29. The Balaban J connectivity index is 2.78. The third kappa shape index (κ3) is 3.27. The SMILES string of the molecule is Cc1cc(OCC(C)C)ccc1C(=N)N. The zero-order valence-corrected chi connectivity index (χ0v) is 9.50. The van der Waals surface area contributed by atoms with Gasteiger partial charge in [-0.1, -0.05) is 13.8 Å². The van der Waals surface area contributed by atoms with Gasteiger partial charge in [0.15, 0.2) is 0 Å². The number of ether oxygens (including phenoxy) is 1. The van der Waals surface area contributed by atoms with E-state index in [9.17, 15) is 0 Å². The van der Waals surface area contributed by atoms with E-state index in [2.05, 4.69) is 13.8 Å². The van der Waals surface area contributed by atoms with Crippen LogP contribution in [0.25, 0.3) is 0 Å². The van der Waals surface area contributed by atoms with Gasteiger partial charge in [-0.05, 0) is 36.6 Å². The van der Waals surface area contributed by atoms with E-state index in [1.165, 1.54) is 0 Å². The lowest BCUT2D eigenvalue weighted by atomic mass is 10.1. The molecule has 82 valence electrons. The number of hydrogen-bond donors (Lipinski definition) is 2. The van der Waals surface area contributed by atoms with Gasteiger partial charge in [-0.3, -0.25) is 5.41 Å². The van der Waals surface area contributed by atoms with Crippen molar-refractivity contribution in [2.75, 3.05) is 6.61 Å². The van der Waals surface area contributed by atoms with E-state index in [1.54, 1.807) is 0 Å². The number of hydrogen-bond acceptors (Lipinski definition) is 2. The number of nitrogens with one attached hydrogen (secondary N) is 1. The van der Waals surface area contributed by atoms with Gasteiger partial charge in [0.1, 0.15) is 11.6 Å². The van der Waals surface area contributed by atoms with Crippen LogP contribution in [0.4, 0.5) is 0 Å². The first-order valence-electron chi connectivity index (χ1n) is 5.08. The molecule has 0 aliphatic rings. The Morgan fingerprint density at radius 3 is 2.60 bits per heavy atom. The highest BCUT2D eigenvalue weighted by Crippen LogP contribution is 2.17. The lowest BCUT2D eigenvalue weighted by Crippen LogP contribution is -2.13. The molecular formula is C12H18N2O. The van der Waals surface area contributed by atoms with Crippen LogP contribution < -0.4 is 10.5 Å². The van der Waals surface area contributed by atoms with Crippen LogP contribution in [0.5, 0.6) is 5.75 Å². The van der Waals surface area contributed by atoms with Gasteiger partial charge < -0.3 is 10.5 Å². The number of benzene rings is 1. The minimum Gasteiger partial charge on any atom is -0.493 e. The summed E-state index contributed by atoms with van der Waals surface area (Å²) in [5.41, 5.74) is 7.18. The van der Waals surface area contributed by atoms with Crippen LogP contribution in [-0.2, 0) is 0 Å². The fourth-order valence-corrected chi connectivity index (χ4v) is 1.29. The molecule has 0 bridgehead atoms. The Morgan fingerprint density at radius 2 is 2.13 bits per heavy atom. The number of rotatable bonds is 4. The summed E-state index contributed by atoms with van der Waals surface area (Å²) < 4.78 is 5.57. The summed E-state index contributed by atoms with van der Waals surface area (Å²) >= 11 is 0. The van der Waals surface area contributed by atoms with Crippen molar-refractivity contribution in [2.24, 2.45) is 11.7 Å². The summed E-state index contributed by atoms with van der Waals surface area (Å²) in [5.74, 6) is 1.45. The second-order valence-electron chi connectivity index (χ2n) is 4.10. The highest BCUT2D eigenvalue weighted by atomic mass is 16.5. The minimum atomic E-state index is 0.0999. The van der Waals surface area contributed by atoms with Gasteiger partial charge in [0.25, 0.3) is 0 Å². The van der Waals surface area contributed by atoms with Gasteiger partial charge in [0.2, 0.25) is 0 Å². The van der Waals surface area contributed by atoms with Crippen LogP contribution in [0.3, 0.4) is 0 Å². The zero-order chi connectivity index (χ0) is 11.4. The molecule has 0 aromatic heterocycles. The predicted molar refractivity (Wildman–Crippen MR) is 62.5 cm³/mol. The van der Waals surface area contributed by atoms with Crippen LogP contribution in [0, 0.1) is 18.3 Å². The molecule has 1 aromatic carbocycles. The van der Waals surface area contributed by atoms with E-state index >= 15 is 0 Å². The van der Waals surface area contributed by atoms with Crippen molar-refractivity contribution < 1.29 is 4.74 Å². The fraction of sp³-hybridized carbons (Fsp3) is 0.417. The number of aryl methyl sites for hydroxylation is 1. The maximum Gasteiger partial charge on any atom is 0.123 e. The molecule has 0 spiro atoms. The molecule has 0 saturated heterocycles. The quantitative estimate of drug-likeness (QED) is 0.586. The summed E-state index contributed by atoms with van der Waals surface area (Å²) in [6.07, 6.45) is 0. The molecule has 1 aromatic rings. The Kier molecular flexibility index (Phi) is 3.72. The van der Waals surface area contributed by atoms with Crippen molar-refractivity contribution in [3.63, 3.8) is 0 Å². The summed E-state index contributed by atoms with van der Waals surface area (Å²) in [6.45, 7) is 6.85. The smallest absolute Gasteiger partial charge is 0.123 e. The Labute approximate surface area is 90.8 Å². The van der Waals surface area contributed by atoms with Gasteiger partial charge in [-0.25, -0.2) is 0 Å². The van der Waals surface area contributed by atoms with Gasteiger partial charge >= 0.3 is 0 Å². The van der Waals surface area contributed by atoms with Gasteiger partial charge in [0.05, 0.1) is 6.61 Å². The Hall–Kier alpha value is -1.51. The first kappa shape index (κ1) is 11.6. The van der Waals surface area contributed by atoms with Crippen molar-refractivity contribution in [3.8, 4) is 5.75 Å². The average Bonchev–Trinajstić information content (AvgIpc) is 2.14. The third-order valence-corrected chi connectivity index (χ3v) is 2.07. The second kappa shape index (κ2) is 4.82. The molecule has 3 heteroatoms. The summed E-state index contributed by atoms with van der Waals surface area (Å²) in [6, 6.07) is 5.60. The number of nitrogen functional groups attached to an aromatic ring is 1. The van der Waals surface area contributed by atoms with Crippen LogP contribution >= 0.6 is 0 Å². The predicted octanol–water partition coefficient (Wildman–Crippen LogP) is 2.31. The monoisotopic (exact) mass is 206 g/mol. The van der Waals surface area contributed by atoms with Crippen molar-refractivity contribution >= 4 is 5.84 Å². The molecule has 15 heavy (non-hydrogen) atoms. The zero-order valence-electron chi connectivity index (χ0n) is 9.50. The lowest BCUT2D eigenvalue weighted by Gasteiger charge is -2.10. The van der Waals surface area contributed by atoms with Gasteiger partial charge in [-0.15, -0.1) is 0 Å². The molecular weight excluding hydrogens is 188 g/mol. The summed E-state index contributed by atoms with van der Waals surface area (Å²) in [7, 11) is 0. The maximum absolute atomic E-state index is 7.35. The molecule has 0 amide bonds. The van der Waals surface area contributed by atoms with Crippen LogP contribution in [0.15, 0.2) is 18.2 Å². The average molecular weight is 206 g/mol. The first-order chi connectivity index (χ1) is 7.00. The van der Waals surface area contributed by atoms with E-state index in [0.29, 0.717) is 12.5 Å². The molecule has 0 heterocycles. The Morgan fingerprint density at radius 1 is 1.47 bits per heavy atom. The first-order valence-corrected chi connectivity index (χ1v) is 5.08. The van der Waals surface area contributed by atoms with Gasteiger partial charge in [0, 0.05) is 5.56 Å². The van der Waals surface area contributed by atoms with Crippen molar-refractivity contribution in [2.45, 2.75) is 20.8 Å². The van der Waals surface area contributed by atoms with Crippen molar-refractivity contribution in [1.29, 1.82) is 5.41 Å². The maximum atomic E-state index is 7.35. The standard InChI is InChI=1S/C12H18N2O/c1-8(2)7-15-10-4-5-11(12(13)14)9(3)6-10/h4-6,8H,7H2,1-3H3,(H3,13,14). The molecule has 0 atom stereocenters. The second-order valence-corrected chi connectivity index (χ2v) is 4.10. The van der Waals surface area contributed by atoms with E-state index in [0.717, 1.165) is 16.9 Å². The van der Waals surface area contributed by atoms with E-state index in [4.69, 9.17) is 15.9 Å². The largest absolute Gasteiger partial charge is 0.493 e. The lowest BCUT2D eigenvalue weighted by molar-refractivity contribution is 0.271. The topological polar surface area (TPSA) is 59.1 Å². The number of amidine groups is 1. The van der Waals surface area contributed by atoms with Crippen molar-refractivity contribution in [3.05, 3.63) is 29.3 Å². The molecule has 0 unspecified atom stereocenters. The van der Waals surface area contributed by atoms with Crippen molar-refractivity contribution in [1.82, 2.24) is 0 Å². The summed E-state index contributed by atoms with van der Waals surface area (Å²) in [4.78, 5) is 0. The molecule has 0 aliphatic carbocycles. The highest BCUT2D eigenvalue weighted by molar-refractivity contribution is 5.96. The third-order valence-electron chi connectivity index (χ3n) is 2.07. The normalized spacial score (nSPS) is 10.4. The molecule has 0 saturated carbocycles. The number of nitrogens with two attached hydrogens (primary N) is 1. The molecule has 3 nitrogen and oxygen atoms in total. The molecule has 3 N–H and O–H groups in total. The summed E-state index contributed by atoms with van der Waals surface area (Å²) in [5, 5.41) is 7.35. The minimum absolute atomic E-state index is 0.0999. The van der Waals surface area contributed by atoms with Gasteiger partial charge in [-0.2, -0.15) is 0 Å². The molecule has 0 aliphatic heterocycles. The highest BCUT2D eigenvalue weighted by Gasteiger charge is 2.03. The van der Waals surface area contributed by atoms with Crippen LogP contribution in [0.2, 0.25) is 0 Å². The van der Waals surface area contributed by atoms with Crippen LogP contribution in [0.1, 0.15) is 25.0 Å². The van der Waals surface area contributed by atoms with E-state index in [-0.39, 0.29) is 5.84 Å². The van der Waals surface area contributed by atoms with E-state index in [1.807, 2.05) is 25.1 Å². The van der Waals surface area contributed by atoms with Crippen LogP contribution in [-0.4, -0.2) is 12.4 Å². The molecule has 0 radical (unpaired) electrons. The van der Waals surface area contributed by atoms with E-state index < -0.39 is 0 Å². The Bertz CT molecular complexity index is 359. The molecule has 1 rings (SSSR count). The molecule has 0 fully saturated rings.